The molecule has 5 nitrogen and oxygen atoms in total. The highest BCUT2D eigenvalue weighted by molar-refractivity contribution is 5.78. The van der Waals surface area contributed by atoms with Crippen LogP contribution in [0.3, 0.4) is 0 Å². The molecule has 2 aliphatic heterocycles. The number of carbonyl (C=O) groups excluding carboxylic acids is 1. The van der Waals surface area contributed by atoms with Gasteiger partial charge in [0.15, 0.2) is 0 Å². The van der Waals surface area contributed by atoms with Crippen molar-refractivity contribution in [3.05, 3.63) is 53.8 Å². The highest BCUT2D eigenvalue weighted by atomic mass is 19.1. The number of nitrogens with zero attached hydrogens (tertiary/aromatic N) is 4. The van der Waals surface area contributed by atoms with E-state index in [9.17, 15) is 9.18 Å². The monoisotopic (exact) mass is 450 g/mol. The third-order valence-corrected chi connectivity index (χ3v) is 7.60. The van der Waals surface area contributed by atoms with Gasteiger partial charge in [-0.05, 0) is 60.7 Å². The summed E-state index contributed by atoms with van der Waals surface area (Å²) in [6.45, 7) is 9.93. The van der Waals surface area contributed by atoms with Crippen LogP contribution in [0.1, 0.15) is 24.8 Å². The molecule has 2 heterocycles. The summed E-state index contributed by atoms with van der Waals surface area (Å²) in [5, 5.41) is 0. The second-order valence-electron chi connectivity index (χ2n) is 9.83. The first kappa shape index (κ1) is 22.4. The van der Waals surface area contributed by atoms with Crippen molar-refractivity contribution in [2.45, 2.75) is 32.2 Å². The molecule has 176 valence electrons. The normalized spacial score (nSPS) is 20.7. The molecule has 1 amide bonds. The zero-order chi connectivity index (χ0) is 22.8. The molecule has 0 bridgehead atoms. The standard InChI is InChI=1S/C27H35FN4O/c1-21-17-23(19-24(28)18-21)22-5-7-26(8-6-22)30-11-9-29(10-12-30)20-27(33)32-15-13-31(14-16-32)25-3-2-4-25/h5-8,17-19,25H,2-4,9-16,20H2,1H3. The van der Waals surface area contributed by atoms with Crippen molar-refractivity contribution in [2.24, 2.45) is 0 Å². The minimum absolute atomic E-state index is 0.194. The Hall–Kier alpha value is -2.44. The van der Waals surface area contributed by atoms with E-state index in [4.69, 9.17) is 0 Å². The van der Waals surface area contributed by atoms with E-state index in [1.165, 1.54) is 24.9 Å². The Kier molecular flexibility index (Phi) is 6.65. The van der Waals surface area contributed by atoms with Crippen molar-refractivity contribution in [3.8, 4) is 11.1 Å². The number of piperazine rings is 2. The second-order valence-corrected chi connectivity index (χ2v) is 9.83. The summed E-state index contributed by atoms with van der Waals surface area (Å²) in [6.07, 6.45) is 4.05. The first-order valence-electron chi connectivity index (χ1n) is 12.4. The lowest BCUT2D eigenvalue weighted by Crippen LogP contribution is -2.56. The van der Waals surface area contributed by atoms with Crippen LogP contribution in [0, 0.1) is 12.7 Å². The van der Waals surface area contributed by atoms with E-state index in [0.717, 1.165) is 75.1 Å². The van der Waals surface area contributed by atoms with E-state index in [0.29, 0.717) is 6.54 Å². The number of amides is 1. The van der Waals surface area contributed by atoms with Crippen LogP contribution in [0.4, 0.5) is 10.1 Å². The predicted molar refractivity (Wildman–Crippen MR) is 131 cm³/mol. The smallest absolute Gasteiger partial charge is 0.236 e. The minimum Gasteiger partial charge on any atom is -0.369 e. The maximum Gasteiger partial charge on any atom is 0.236 e. The van der Waals surface area contributed by atoms with Gasteiger partial charge in [-0.2, -0.15) is 0 Å². The van der Waals surface area contributed by atoms with Crippen molar-refractivity contribution in [3.63, 3.8) is 0 Å². The molecule has 0 aromatic heterocycles. The van der Waals surface area contributed by atoms with E-state index in [2.05, 4.69) is 43.9 Å². The topological polar surface area (TPSA) is 30.0 Å². The van der Waals surface area contributed by atoms with Gasteiger partial charge in [0.05, 0.1) is 6.54 Å². The fourth-order valence-corrected chi connectivity index (χ4v) is 5.31. The number of benzene rings is 2. The van der Waals surface area contributed by atoms with Crippen LogP contribution in [-0.4, -0.2) is 85.6 Å². The van der Waals surface area contributed by atoms with Crippen LogP contribution < -0.4 is 4.90 Å². The van der Waals surface area contributed by atoms with E-state index in [-0.39, 0.29) is 11.7 Å². The van der Waals surface area contributed by atoms with E-state index in [1.54, 1.807) is 12.1 Å². The van der Waals surface area contributed by atoms with Crippen molar-refractivity contribution in [1.29, 1.82) is 0 Å². The van der Waals surface area contributed by atoms with Crippen molar-refractivity contribution >= 4 is 11.6 Å². The van der Waals surface area contributed by atoms with Gasteiger partial charge in [-0.1, -0.05) is 24.6 Å². The lowest BCUT2D eigenvalue weighted by Gasteiger charge is -2.43. The highest BCUT2D eigenvalue weighted by Crippen LogP contribution is 2.27. The van der Waals surface area contributed by atoms with Crippen molar-refractivity contribution < 1.29 is 9.18 Å². The first-order valence-corrected chi connectivity index (χ1v) is 12.4. The van der Waals surface area contributed by atoms with Gasteiger partial charge in [0, 0.05) is 64.1 Å². The summed E-state index contributed by atoms with van der Waals surface area (Å²) in [5.74, 6) is 0.0893. The largest absolute Gasteiger partial charge is 0.369 e. The Morgan fingerprint density at radius 1 is 0.879 bits per heavy atom. The van der Waals surface area contributed by atoms with E-state index >= 15 is 0 Å². The molecule has 0 spiro atoms. The second kappa shape index (κ2) is 9.82. The third-order valence-electron chi connectivity index (χ3n) is 7.60. The number of aryl methyl sites for hydroxylation is 1. The molecule has 3 aliphatic rings. The molecule has 0 N–H and O–H groups in total. The Bertz CT molecular complexity index is 938. The summed E-state index contributed by atoms with van der Waals surface area (Å²) in [6, 6.07) is 14.3. The molecule has 6 heteroatoms. The van der Waals surface area contributed by atoms with Crippen LogP contribution in [-0.2, 0) is 4.79 Å². The van der Waals surface area contributed by atoms with Crippen LogP contribution in [0.2, 0.25) is 0 Å². The maximum absolute atomic E-state index is 13.8. The Labute approximate surface area is 196 Å². The molecule has 3 fully saturated rings. The van der Waals surface area contributed by atoms with Gasteiger partial charge >= 0.3 is 0 Å². The number of anilines is 1. The minimum atomic E-state index is -0.194. The van der Waals surface area contributed by atoms with Crippen LogP contribution in [0.25, 0.3) is 11.1 Å². The zero-order valence-electron chi connectivity index (χ0n) is 19.7. The zero-order valence-corrected chi connectivity index (χ0v) is 19.7. The molecule has 0 unspecified atom stereocenters. The average molecular weight is 451 g/mol. The molecule has 1 saturated carbocycles. The first-order chi connectivity index (χ1) is 16.0. The molecule has 5 rings (SSSR count). The number of halogens is 1. The molecule has 1 aliphatic carbocycles. The molecule has 2 saturated heterocycles. The summed E-state index contributed by atoms with van der Waals surface area (Å²) < 4.78 is 13.8. The molecular weight excluding hydrogens is 415 g/mol. The van der Waals surface area contributed by atoms with Crippen LogP contribution in [0.15, 0.2) is 42.5 Å². The number of hydrogen-bond acceptors (Lipinski definition) is 4. The van der Waals surface area contributed by atoms with Gasteiger partial charge in [0.25, 0.3) is 0 Å². The van der Waals surface area contributed by atoms with Gasteiger partial charge in [-0.3, -0.25) is 14.6 Å². The third kappa shape index (κ3) is 5.22. The SMILES string of the molecule is Cc1cc(F)cc(-c2ccc(N3CCN(CC(=O)N4CCN(C5CCC5)CC4)CC3)cc2)c1. The molecule has 2 aromatic carbocycles. The number of rotatable bonds is 5. The predicted octanol–water partition coefficient (Wildman–Crippen LogP) is 3.62. The van der Waals surface area contributed by atoms with Crippen molar-refractivity contribution in [2.75, 3.05) is 63.8 Å². The Morgan fingerprint density at radius 2 is 1.58 bits per heavy atom. The van der Waals surface area contributed by atoms with E-state index in [1.807, 2.05) is 13.0 Å². The lowest BCUT2D eigenvalue weighted by atomic mass is 9.91. The maximum atomic E-state index is 13.8. The average Bonchev–Trinajstić information content (AvgIpc) is 2.78. The fraction of sp³-hybridized carbons (Fsp3) is 0.519. The van der Waals surface area contributed by atoms with Gasteiger partial charge in [0.2, 0.25) is 5.91 Å². The molecule has 33 heavy (non-hydrogen) atoms. The molecule has 0 radical (unpaired) electrons. The summed E-state index contributed by atoms with van der Waals surface area (Å²) in [4.78, 5) is 22.1. The van der Waals surface area contributed by atoms with Crippen molar-refractivity contribution in [1.82, 2.24) is 14.7 Å². The van der Waals surface area contributed by atoms with Gasteiger partial charge < -0.3 is 9.80 Å². The number of carbonyl (C=O) groups is 1. The molecule has 2 aromatic rings. The van der Waals surface area contributed by atoms with E-state index < -0.39 is 0 Å². The van der Waals surface area contributed by atoms with Crippen LogP contribution in [0.5, 0.6) is 0 Å². The molecular formula is C27H35FN4O. The van der Waals surface area contributed by atoms with Gasteiger partial charge in [0.1, 0.15) is 5.82 Å². The highest BCUT2D eigenvalue weighted by Gasteiger charge is 2.30. The van der Waals surface area contributed by atoms with Crippen LogP contribution >= 0.6 is 0 Å². The summed E-state index contributed by atoms with van der Waals surface area (Å²) in [7, 11) is 0. The quantitative estimate of drug-likeness (QED) is 0.696. The molecule has 0 atom stereocenters. The summed E-state index contributed by atoms with van der Waals surface area (Å²) in [5.41, 5.74) is 4.06. The summed E-state index contributed by atoms with van der Waals surface area (Å²) >= 11 is 0. The fourth-order valence-electron chi connectivity index (χ4n) is 5.31. The van der Waals surface area contributed by atoms with Gasteiger partial charge in [-0.15, -0.1) is 0 Å². The lowest BCUT2D eigenvalue weighted by molar-refractivity contribution is -0.134. The number of hydrogen-bond donors (Lipinski definition) is 0. The Morgan fingerprint density at radius 3 is 2.18 bits per heavy atom. The van der Waals surface area contributed by atoms with Gasteiger partial charge in [-0.25, -0.2) is 4.39 Å². The Balaban J connectivity index is 1.09.